The van der Waals surface area contributed by atoms with Gasteiger partial charge in [-0.3, -0.25) is 14.2 Å². The van der Waals surface area contributed by atoms with E-state index in [-0.39, 0.29) is 42.3 Å². The number of phosphoric ester groups is 1. The first kappa shape index (κ1) is 47.8. The average Bonchev–Trinajstić information content (AvgIpc) is 2.98. The van der Waals surface area contributed by atoms with Crippen molar-refractivity contribution in [1.29, 1.82) is 0 Å². The minimum absolute atomic E-state index is 0.0254. The number of hydrogen-bond acceptors (Lipinski definition) is 9. The summed E-state index contributed by atoms with van der Waals surface area (Å²) >= 11 is 0. The molecule has 284 valence electrons. The summed E-state index contributed by atoms with van der Waals surface area (Å²) in [5, 5.41) is -0.140. The van der Waals surface area contributed by atoms with Crippen LogP contribution in [0.3, 0.4) is 0 Å². The molecule has 10 nitrogen and oxygen atoms in total. The van der Waals surface area contributed by atoms with Crippen LogP contribution in [-0.2, 0) is 39.2 Å². The maximum Gasteiger partial charge on any atom is 0.316 e. The van der Waals surface area contributed by atoms with Crippen LogP contribution in [0.2, 0.25) is 0 Å². The van der Waals surface area contributed by atoms with Gasteiger partial charge in [0, 0.05) is 6.42 Å². The monoisotopic (exact) mass is 749 g/mol. The van der Waals surface area contributed by atoms with Crippen LogP contribution in [-0.4, -0.2) is 93.4 Å². The number of Topliss-reactive ketones (excluding diaryl/α,β-unsaturated/α-hetero) is 1. The van der Waals surface area contributed by atoms with Gasteiger partial charge in [0.2, 0.25) is 0 Å². The fraction of sp³-hybridized carbons (Fsp3) is 0.750. The second kappa shape index (κ2) is 20.7. The third kappa shape index (κ3) is 19.3. The Kier molecular flexibility index (Phi) is 20.2. The molecule has 0 radical (unpaired) electrons. The van der Waals surface area contributed by atoms with Gasteiger partial charge in [-0.2, -0.15) is 0 Å². The molecular weight excluding hydrogens is 683 g/mol. The normalized spacial score (nSPS) is 16.4. The summed E-state index contributed by atoms with van der Waals surface area (Å²) in [4.78, 5) is 51.0. The number of carbonyl (C=O) groups is 3. The van der Waals surface area contributed by atoms with Crippen LogP contribution in [0.25, 0.3) is 0 Å². The molecule has 0 N–H and O–H groups in total. The molecule has 5 unspecified atom stereocenters. The SMILES string of the molecule is CC.CPC(C)(C)CC(C)(CC(C)(CC(C)(C)C(=O)Oc1ccc(CCC(C)=O)cc1)C(=O)OCCOP(=O)([O-])OCC[N+](C)(C)C)PC. The van der Waals surface area contributed by atoms with E-state index in [2.05, 4.69) is 34.1 Å². The van der Waals surface area contributed by atoms with Gasteiger partial charge in [0.05, 0.1) is 38.6 Å². The summed E-state index contributed by atoms with van der Waals surface area (Å²) in [5.41, 5.74) is -1.19. The van der Waals surface area contributed by atoms with E-state index >= 15 is 0 Å². The summed E-state index contributed by atoms with van der Waals surface area (Å²) in [6, 6.07) is 7.09. The zero-order valence-electron chi connectivity index (χ0n) is 32.7. The number of ether oxygens (including phenoxy) is 2. The maximum absolute atomic E-state index is 13.9. The smallest absolute Gasteiger partial charge is 0.316 e. The predicted octanol–water partition coefficient (Wildman–Crippen LogP) is 7.25. The van der Waals surface area contributed by atoms with E-state index in [1.165, 1.54) is 0 Å². The van der Waals surface area contributed by atoms with Crippen LogP contribution in [0.1, 0.15) is 93.6 Å². The fourth-order valence-electron chi connectivity index (χ4n) is 5.63. The lowest BCUT2D eigenvalue weighted by Gasteiger charge is -2.43. The zero-order chi connectivity index (χ0) is 38.3. The number of benzene rings is 1. The summed E-state index contributed by atoms with van der Waals surface area (Å²) in [7, 11) is 2.43. The molecule has 13 heteroatoms. The Balaban J connectivity index is 0.0000113. The quantitative estimate of drug-likeness (QED) is 0.0396. The number of hydrogen-bond donors (Lipinski definition) is 0. The molecule has 0 fully saturated rings. The van der Waals surface area contributed by atoms with E-state index in [0.29, 0.717) is 53.2 Å². The lowest BCUT2D eigenvalue weighted by atomic mass is 9.68. The summed E-state index contributed by atoms with van der Waals surface area (Å²) < 4.78 is 34.1. The molecule has 0 bridgehead atoms. The van der Waals surface area contributed by atoms with Gasteiger partial charge in [-0.15, -0.1) is 17.2 Å². The largest absolute Gasteiger partial charge is 0.756 e. The van der Waals surface area contributed by atoms with Crippen LogP contribution >= 0.6 is 25.0 Å². The van der Waals surface area contributed by atoms with E-state index in [1.807, 2.05) is 54.0 Å². The van der Waals surface area contributed by atoms with Crippen molar-refractivity contribution in [2.75, 3.05) is 60.8 Å². The number of carbonyl (C=O) groups excluding carboxylic acids is 3. The van der Waals surface area contributed by atoms with Crippen molar-refractivity contribution in [2.24, 2.45) is 10.8 Å². The Labute approximate surface area is 300 Å². The van der Waals surface area contributed by atoms with Crippen molar-refractivity contribution in [3.05, 3.63) is 29.8 Å². The number of nitrogens with zero attached hydrogens (tertiary/aromatic N) is 1. The van der Waals surface area contributed by atoms with Gasteiger partial charge < -0.3 is 32.7 Å². The van der Waals surface area contributed by atoms with Gasteiger partial charge >= 0.3 is 11.9 Å². The Bertz CT molecular complexity index is 1230. The van der Waals surface area contributed by atoms with Gasteiger partial charge in [-0.1, -0.05) is 46.8 Å². The number of likely N-dealkylation sites (N-methyl/N-ethyl adjacent to an activating group) is 1. The van der Waals surface area contributed by atoms with Gasteiger partial charge in [-0.25, -0.2) is 0 Å². The number of quaternary nitrogens is 1. The van der Waals surface area contributed by atoms with E-state index < -0.39 is 30.6 Å². The van der Waals surface area contributed by atoms with Gasteiger partial charge in [-0.05, 0) is 94.7 Å². The molecule has 0 heterocycles. The van der Waals surface area contributed by atoms with Crippen molar-refractivity contribution in [3.8, 4) is 5.75 Å². The maximum atomic E-state index is 13.9. The second-order valence-electron chi connectivity index (χ2n) is 15.4. The van der Waals surface area contributed by atoms with Crippen LogP contribution < -0.4 is 9.63 Å². The molecule has 0 saturated heterocycles. The number of aryl methyl sites for hydroxylation is 1. The molecule has 5 atom stereocenters. The van der Waals surface area contributed by atoms with Crippen LogP contribution in [0.5, 0.6) is 5.75 Å². The molecular formula is C36H66NO9P3. The van der Waals surface area contributed by atoms with Crippen molar-refractivity contribution < 1.29 is 46.8 Å². The third-order valence-electron chi connectivity index (χ3n) is 8.25. The summed E-state index contributed by atoms with van der Waals surface area (Å²) in [6.45, 7) is 21.6. The highest BCUT2D eigenvalue weighted by atomic mass is 31.2. The molecule has 0 aromatic heterocycles. The zero-order valence-corrected chi connectivity index (χ0v) is 35.6. The molecule has 1 aromatic carbocycles. The Morgan fingerprint density at radius 1 is 0.816 bits per heavy atom. The average molecular weight is 750 g/mol. The molecule has 0 aliphatic rings. The Morgan fingerprint density at radius 2 is 1.37 bits per heavy atom. The highest BCUT2D eigenvalue weighted by Gasteiger charge is 2.48. The summed E-state index contributed by atoms with van der Waals surface area (Å²) in [5.74, 6) is -0.511. The molecule has 49 heavy (non-hydrogen) atoms. The molecule has 0 saturated carbocycles. The molecule has 0 spiro atoms. The van der Waals surface area contributed by atoms with Crippen molar-refractivity contribution in [3.63, 3.8) is 0 Å². The van der Waals surface area contributed by atoms with E-state index in [9.17, 15) is 23.8 Å². The molecule has 0 amide bonds. The number of rotatable bonds is 22. The first-order valence-corrected chi connectivity index (χ1v) is 21.6. The van der Waals surface area contributed by atoms with Crippen molar-refractivity contribution in [1.82, 2.24) is 0 Å². The van der Waals surface area contributed by atoms with Gasteiger partial charge in [0.1, 0.15) is 31.3 Å². The van der Waals surface area contributed by atoms with Gasteiger partial charge in [0.25, 0.3) is 7.82 Å². The van der Waals surface area contributed by atoms with Crippen molar-refractivity contribution >= 4 is 42.7 Å². The van der Waals surface area contributed by atoms with Gasteiger partial charge in [0.15, 0.2) is 0 Å². The number of esters is 2. The van der Waals surface area contributed by atoms with Crippen LogP contribution in [0.15, 0.2) is 24.3 Å². The lowest BCUT2D eigenvalue weighted by molar-refractivity contribution is -0.870. The first-order chi connectivity index (χ1) is 22.4. The van der Waals surface area contributed by atoms with E-state index in [1.54, 1.807) is 32.9 Å². The molecule has 1 aromatic rings. The Hall–Kier alpha value is -1.24. The first-order valence-electron chi connectivity index (χ1n) is 17.1. The van der Waals surface area contributed by atoms with Crippen molar-refractivity contribution in [2.45, 2.75) is 105 Å². The number of phosphoric acid groups is 1. The molecule has 1 rings (SSSR count). The Morgan fingerprint density at radius 3 is 1.86 bits per heavy atom. The standard InChI is InChI=1S/C34H60NO9P3.C2H6/c1-26(36)13-14-27-15-17-28(18-16-27)44-29(37)31(2,3)23-33(6,25-34(7,46-12)24-32(4,5)45-11)30(38)41-21-22-43-47(39,40)42-20-19-35(8,9)10;1-2/h15-18,45-46H,13-14,19-25H2,1-12H3;1-2H3. The second-order valence-corrected chi connectivity index (χ2v) is 20.4. The molecule has 0 aliphatic carbocycles. The number of ketones is 1. The predicted molar refractivity (Wildman–Crippen MR) is 202 cm³/mol. The van der Waals surface area contributed by atoms with Crippen LogP contribution in [0, 0.1) is 10.8 Å². The van der Waals surface area contributed by atoms with Crippen LogP contribution in [0.4, 0.5) is 0 Å². The van der Waals surface area contributed by atoms with E-state index in [0.717, 1.165) is 12.0 Å². The molecule has 0 aliphatic heterocycles. The topological polar surface area (TPSA) is 128 Å². The highest BCUT2D eigenvalue weighted by molar-refractivity contribution is 7.45. The highest BCUT2D eigenvalue weighted by Crippen LogP contribution is 2.51. The minimum atomic E-state index is -4.56. The van der Waals surface area contributed by atoms with E-state index in [4.69, 9.17) is 18.5 Å². The lowest BCUT2D eigenvalue weighted by Crippen LogP contribution is -2.44. The minimum Gasteiger partial charge on any atom is -0.756 e. The summed E-state index contributed by atoms with van der Waals surface area (Å²) in [6.07, 6.45) is 2.57. The fourth-order valence-corrected chi connectivity index (χ4v) is 8.24. The third-order valence-corrected chi connectivity index (χ3v) is 12.3.